The van der Waals surface area contributed by atoms with Crippen molar-refractivity contribution in [2.45, 2.75) is 25.2 Å². The Morgan fingerprint density at radius 2 is 1.77 bits per heavy atom. The first-order valence-electron chi connectivity index (χ1n) is 6.58. The van der Waals surface area contributed by atoms with E-state index in [1.165, 1.54) is 30.5 Å². The summed E-state index contributed by atoms with van der Waals surface area (Å²) in [5, 5.41) is 0.385. The van der Waals surface area contributed by atoms with Gasteiger partial charge in [0, 0.05) is 23.8 Å². The summed E-state index contributed by atoms with van der Waals surface area (Å²) in [6.45, 7) is 3.68. The maximum absolute atomic E-state index is 12.4. The lowest BCUT2D eigenvalue weighted by molar-refractivity contribution is 0.0882. The zero-order chi connectivity index (χ0) is 16.5. The second-order valence-corrected chi connectivity index (χ2v) is 7.45. The van der Waals surface area contributed by atoms with Crippen LogP contribution in [0.4, 0.5) is 0 Å². The topological polar surface area (TPSA) is 78.1 Å². The van der Waals surface area contributed by atoms with E-state index in [4.69, 9.17) is 11.6 Å². The molecule has 1 aromatic heterocycles. The molecule has 0 amide bonds. The fraction of sp³-hybridized carbons (Fsp3) is 0.286. The number of nitrogens with zero attached hydrogens (tertiary/aromatic N) is 2. The molecule has 0 unspecified atom stereocenters. The molecule has 2 aromatic rings. The zero-order valence-corrected chi connectivity index (χ0v) is 13.6. The Balaban J connectivity index is 2.46. The molecule has 0 atom stereocenters. The number of imidazole rings is 1. The molecule has 22 heavy (non-hydrogen) atoms. The van der Waals surface area contributed by atoms with Crippen molar-refractivity contribution in [2.75, 3.05) is 0 Å². The largest absolute Gasteiger partial charge is 0.349 e. The lowest BCUT2D eigenvalue weighted by Crippen LogP contribution is -2.32. The number of hydrogen-bond acceptors (Lipinski definition) is 4. The number of rotatable bonds is 4. The Morgan fingerprint density at radius 1 is 1.18 bits per heavy atom. The van der Waals surface area contributed by atoms with Gasteiger partial charge in [-0.15, -0.1) is 0 Å². The molecule has 0 bridgehead atoms. The standard InChI is InChI=1S/C14H15ClN2O4S/c1-10(2)9-13(18)16-7-8-17(14(16)19)22(20,21)12-5-3-11(15)4-6-12/h3-8,10H,9H2,1-2H3. The van der Waals surface area contributed by atoms with Crippen LogP contribution in [0, 0.1) is 5.92 Å². The van der Waals surface area contributed by atoms with Crippen molar-refractivity contribution in [3.63, 3.8) is 0 Å². The first kappa shape index (κ1) is 16.5. The van der Waals surface area contributed by atoms with Crippen LogP contribution in [0.25, 0.3) is 0 Å². The molecule has 0 aliphatic rings. The summed E-state index contributed by atoms with van der Waals surface area (Å²) in [4.78, 5) is 24.0. The molecule has 0 spiro atoms. The normalized spacial score (nSPS) is 11.8. The molecule has 2 rings (SSSR count). The molecular formula is C14H15ClN2O4S. The van der Waals surface area contributed by atoms with Crippen molar-refractivity contribution in [3.05, 3.63) is 52.2 Å². The maximum atomic E-state index is 12.4. The van der Waals surface area contributed by atoms with Gasteiger partial charge < -0.3 is 0 Å². The summed E-state index contributed by atoms with van der Waals surface area (Å²) in [6, 6.07) is 5.44. The molecule has 0 saturated carbocycles. The van der Waals surface area contributed by atoms with Crippen molar-refractivity contribution >= 4 is 27.5 Å². The van der Waals surface area contributed by atoms with E-state index in [0.29, 0.717) is 9.00 Å². The van der Waals surface area contributed by atoms with E-state index in [9.17, 15) is 18.0 Å². The minimum absolute atomic E-state index is 0.0654. The van der Waals surface area contributed by atoms with Gasteiger partial charge in [-0.1, -0.05) is 25.4 Å². The highest BCUT2D eigenvalue weighted by Crippen LogP contribution is 2.16. The number of carbonyl (C=O) groups excluding carboxylic acids is 1. The summed E-state index contributed by atoms with van der Waals surface area (Å²) in [5.74, 6) is -0.374. The Morgan fingerprint density at radius 3 is 2.32 bits per heavy atom. The summed E-state index contributed by atoms with van der Waals surface area (Å²) in [6.07, 6.45) is 2.40. The van der Waals surface area contributed by atoms with Gasteiger partial charge in [0.1, 0.15) is 0 Å². The Bertz CT molecular complexity index is 848. The number of halogens is 1. The van der Waals surface area contributed by atoms with Crippen molar-refractivity contribution in [1.29, 1.82) is 0 Å². The van der Waals surface area contributed by atoms with Crippen LogP contribution in [0.2, 0.25) is 5.02 Å². The molecule has 8 heteroatoms. The van der Waals surface area contributed by atoms with Crippen molar-refractivity contribution in [2.24, 2.45) is 5.92 Å². The van der Waals surface area contributed by atoms with Crippen molar-refractivity contribution < 1.29 is 13.2 Å². The van der Waals surface area contributed by atoms with Crippen LogP contribution >= 0.6 is 11.6 Å². The third kappa shape index (κ3) is 3.15. The fourth-order valence-corrected chi connectivity index (χ4v) is 3.24. The molecule has 0 aliphatic carbocycles. The van der Waals surface area contributed by atoms with Gasteiger partial charge in [-0.3, -0.25) is 4.79 Å². The Labute approximate surface area is 133 Å². The molecule has 6 nitrogen and oxygen atoms in total. The SMILES string of the molecule is CC(C)CC(=O)n1ccn(S(=O)(=O)c2ccc(Cl)cc2)c1=O. The first-order chi connectivity index (χ1) is 10.2. The molecule has 118 valence electrons. The lowest BCUT2D eigenvalue weighted by Gasteiger charge is -2.05. The molecule has 1 aromatic carbocycles. The third-order valence-electron chi connectivity index (χ3n) is 2.97. The Kier molecular flexibility index (Phi) is 4.58. The van der Waals surface area contributed by atoms with E-state index in [1.54, 1.807) is 0 Å². The molecule has 0 aliphatic heterocycles. The maximum Gasteiger partial charge on any atom is 0.349 e. The van der Waals surface area contributed by atoms with Gasteiger partial charge in [0.05, 0.1) is 4.90 Å². The smallest absolute Gasteiger partial charge is 0.274 e. The number of hydrogen-bond donors (Lipinski definition) is 0. The second kappa shape index (κ2) is 6.10. The van der Waals surface area contributed by atoms with Gasteiger partial charge in [-0.25, -0.2) is 17.8 Å². The molecule has 0 radical (unpaired) electrons. The lowest BCUT2D eigenvalue weighted by atomic mass is 10.1. The monoisotopic (exact) mass is 342 g/mol. The predicted molar refractivity (Wildman–Crippen MR) is 82.8 cm³/mol. The van der Waals surface area contributed by atoms with Gasteiger partial charge >= 0.3 is 5.69 Å². The third-order valence-corrected chi connectivity index (χ3v) is 4.88. The second-order valence-electron chi connectivity index (χ2n) is 5.20. The van der Waals surface area contributed by atoms with Gasteiger partial charge in [-0.05, 0) is 30.2 Å². The van der Waals surface area contributed by atoms with Gasteiger partial charge in [0.2, 0.25) is 5.91 Å². The van der Waals surface area contributed by atoms with Crippen LogP contribution in [0.3, 0.4) is 0 Å². The van der Waals surface area contributed by atoms with E-state index >= 15 is 0 Å². The van der Waals surface area contributed by atoms with E-state index in [1.807, 2.05) is 13.8 Å². The summed E-state index contributed by atoms with van der Waals surface area (Å²) in [7, 11) is -4.06. The van der Waals surface area contributed by atoms with E-state index < -0.39 is 21.6 Å². The number of aromatic nitrogens is 2. The molecule has 0 N–H and O–H groups in total. The van der Waals surface area contributed by atoms with Crippen LogP contribution in [-0.4, -0.2) is 22.9 Å². The quantitative estimate of drug-likeness (QED) is 0.853. The van der Waals surface area contributed by atoms with Crippen molar-refractivity contribution in [3.8, 4) is 0 Å². The van der Waals surface area contributed by atoms with Crippen LogP contribution in [0.1, 0.15) is 25.1 Å². The Hall–Kier alpha value is -1.86. The summed E-state index contributed by atoms with van der Waals surface area (Å²) >= 11 is 5.72. The van der Waals surface area contributed by atoms with Crippen LogP contribution in [-0.2, 0) is 10.0 Å². The minimum atomic E-state index is -4.06. The number of carbonyl (C=O) groups is 1. The minimum Gasteiger partial charge on any atom is -0.274 e. The summed E-state index contributed by atoms with van der Waals surface area (Å²) < 4.78 is 26.2. The van der Waals surface area contributed by atoms with E-state index in [-0.39, 0.29) is 17.2 Å². The highest BCUT2D eigenvalue weighted by atomic mass is 35.5. The first-order valence-corrected chi connectivity index (χ1v) is 8.39. The molecular weight excluding hydrogens is 328 g/mol. The van der Waals surface area contributed by atoms with Crippen molar-refractivity contribution in [1.82, 2.24) is 8.54 Å². The molecule has 0 saturated heterocycles. The van der Waals surface area contributed by atoms with E-state index in [0.717, 1.165) is 10.8 Å². The van der Waals surface area contributed by atoms with Crippen LogP contribution < -0.4 is 5.69 Å². The zero-order valence-electron chi connectivity index (χ0n) is 12.1. The molecule has 0 fully saturated rings. The highest BCUT2D eigenvalue weighted by Gasteiger charge is 2.22. The number of benzene rings is 1. The van der Waals surface area contributed by atoms with E-state index in [2.05, 4.69) is 0 Å². The van der Waals surface area contributed by atoms with Crippen LogP contribution in [0.15, 0.2) is 46.3 Å². The average Bonchev–Trinajstić information content (AvgIpc) is 2.81. The van der Waals surface area contributed by atoms with Gasteiger partial charge in [0.15, 0.2) is 0 Å². The van der Waals surface area contributed by atoms with Gasteiger partial charge in [0.25, 0.3) is 10.0 Å². The van der Waals surface area contributed by atoms with Gasteiger partial charge in [-0.2, -0.15) is 3.97 Å². The highest BCUT2D eigenvalue weighted by molar-refractivity contribution is 7.90. The average molecular weight is 343 g/mol. The predicted octanol–water partition coefficient (Wildman–Crippen LogP) is 2.23. The summed E-state index contributed by atoms with van der Waals surface area (Å²) in [5.41, 5.74) is -0.902. The molecule has 1 heterocycles. The fourth-order valence-electron chi connectivity index (χ4n) is 1.90. The van der Waals surface area contributed by atoms with Crippen LogP contribution in [0.5, 0.6) is 0 Å².